The summed E-state index contributed by atoms with van der Waals surface area (Å²) in [7, 11) is 0. The summed E-state index contributed by atoms with van der Waals surface area (Å²) in [5.41, 5.74) is 1.46. The van der Waals surface area contributed by atoms with Gasteiger partial charge >= 0.3 is 5.97 Å². The fourth-order valence-electron chi connectivity index (χ4n) is 3.65. The number of fused-ring (bicyclic) bond motifs is 2. The molecule has 0 aliphatic carbocycles. The molecule has 0 saturated heterocycles. The predicted octanol–water partition coefficient (Wildman–Crippen LogP) is 6.32. The molecule has 0 bridgehead atoms. The lowest BCUT2D eigenvalue weighted by atomic mass is 10.0. The predicted molar refractivity (Wildman–Crippen MR) is 120 cm³/mol. The van der Waals surface area contributed by atoms with Crippen molar-refractivity contribution in [3.63, 3.8) is 0 Å². The number of aryl methyl sites for hydroxylation is 1. The Hall–Kier alpha value is -3.53. The van der Waals surface area contributed by atoms with Crippen LogP contribution in [0.5, 0.6) is 17.2 Å². The summed E-state index contributed by atoms with van der Waals surface area (Å²) in [6.45, 7) is 6.78. The Kier molecular flexibility index (Phi) is 5.57. The normalized spacial score (nSPS) is 10.9. The maximum Gasteiger partial charge on any atom is 0.347 e. The average Bonchev–Trinajstić information content (AvgIpc) is 2.75. The van der Waals surface area contributed by atoms with Gasteiger partial charge in [-0.25, -0.2) is 4.79 Å². The van der Waals surface area contributed by atoms with Crippen molar-refractivity contribution >= 4 is 27.5 Å². The monoisotopic (exact) mass is 400 g/mol. The van der Waals surface area contributed by atoms with E-state index in [1.54, 1.807) is 12.1 Å². The van der Waals surface area contributed by atoms with Gasteiger partial charge in [-0.2, -0.15) is 0 Å². The van der Waals surface area contributed by atoms with Crippen molar-refractivity contribution in [1.29, 1.82) is 0 Å². The van der Waals surface area contributed by atoms with E-state index >= 15 is 0 Å². The highest BCUT2D eigenvalue weighted by molar-refractivity contribution is 6.05. The summed E-state index contributed by atoms with van der Waals surface area (Å²) in [6, 6.07) is 21.2. The molecule has 0 fully saturated rings. The number of esters is 1. The van der Waals surface area contributed by atoms with Crippen molar-refractivity contribution in [2.75, 3.05) is 13.2 Å². The Labute approximate surface area is 176 Å². The first-order valence-corrected chi connectivity index (χ1v) is 10.1. The third-order valence-corrected chi connectivity index (χ3v) is 4.97. The lowest BCUT2D eigenvalue weighted by Crippen LogP contribution is -2.12. The molecular weight excluding hydrogens is 376 g/mol. The van der Waals surface area contributed by atoms with Gasteiger partial charge in [-0.05, 0) is 44.4 Å². The van der Waals surface area contributed by atoms with Crippen molar-refractivity contribution in [2.45, 2.75) is 20.8 Å². The standard InChI is InChI=1S/C26H24O4/c1-4-28-24-16-22(25(29-5-2)20-14-13-17(3)15-21(20)24)26(27)30-23-12-8-10-18-9-6-7-11-19(18)23/h6-16H,4-5H2,1-3H3. The number of carbonyl (C=O) groups is 1. The minimum Gasteiger partial charge on any atom is -0.493 e. The van der Waals surface area contributed by atoms with Gasteiger partial charge in [0.1, 0.15) is 22.8 Å². The largest absolute Gasteiger partial charge is 0.493 e. The smallest absolute Gasteiger partial charge is 0.347 e. The van der Waals surface area contributed by atoms with Crippen LogP contribution in [0.1, 0.15) is 29.8 Å². The van der Waals surface area contributed by atoms with Gasteiger partial charge in [-0.1, -0.05) is 54.1 Å². The summed E-state index contributed by atoms with van der Waals surface area (Å²) >= 11 is 0. The van der Waals surface area contributed by atoms with Crippen molar-refractivity contribution in [1.82, 2.24) is 0 Å². The zero-order chi connectivity index (χ0) is 21.1. The van der Waals surface area contributed by atoms with E-state index in [4.69, 9.17) is 14.2 Å². The van der Waals surface area contributed by atoms with Gasteiger partial charge < -0.3 is 14.2 Å². The van der Waals surface area contributed by atoms with Crippen LogP contribution in [0.3, 0.4) is 0 Å². The van der Waals surface area contributed by atoms with Crippen LogP contribution in [-0.4, -0.2) is 19.2 Å². The third-order valence-electron chi connectivity index (χ3n) is 4.97. The first-order chi connectivity index (χ1) is 14.6. The Morgan fingerprint density at radius 3 is 2.33 bits per heavy atom. The summed E-state index contributed by atoms with van der Waals surface area (Å²) in [6.07, 6.45) is 0. The molecule has 0 atom stereocenters. The maximum absolute atomic E-state index is 13.3. The Bertz CT molecular complexity index is 1220. The highest BCUT2D eigenvalue weighted by atomic mass is 16.5. The van der Waals surface area contributed by atoms with Crippen molar-refractivity contribution in [3.8, 4) is 17.2 Å². The molecule has 0 radical (unpaired) electrons. The lowest BCUT2D eigenvalue weighted by Gasteiger charge is -2.17. The van der Waals surface area contributed by atoms with Crippen LogP contribution in [-0.2, 0) is 0 Å². The highest BCUT2D eigenvalue weighted by Crippen LogP contribution is 2.38. The van der Waals surface area contributed by atoms with Gasteiger partial charge in [-0.15, -0.1) is 0 Å². The zero-order valence-electron chi connectivity index (χ0n) is 17.4. The number of hydrogen-bond donors (Lipinski definition) is 0. The highest BCUT2D eigenvalue weighted by Gasteiger charge is 2.22. The molecule has 4 rings (SSSR count). The zero-order valence-corrected chi connectivity index (χ0v) is 17.4. The number of benzene rings is 4. The topological polar surface area (TPSA) is 44.8 Å². The maximum atomic E-state index is 13.3. The van der Waals surface area contributed by atoms with Crippen LogP contribution in [0.2, 0.25) is 0 Å². The molecule has 152 valence electrons. The van der Waals surface area contributed by atoms with Gasteiger partial charge in [0.25, 0.3) is 0 Å². The van der Waals surface area contributed by atoms with Gasteiger partial charge in [-0.3, -0.25) is 0 Å². The van der Waals surface area contributed by atoms with Gasteiger partial charge in [0, 0.05) is 16.2 Å². The first-order valence-electron chi connectivity index (χ1n) is 10.1. The number of carbonyl (C=O) groups excluding carboxylic acids is 1. The van der Waals surface area contributed by atoms with Crippen LogP contribution < -0.4 is 14.2 Å². The minimum atomic E-state index is -0.474. The second-order valence-corrected chi connectivity index (χ2v) is 7.03. The molecule has 0 heterocycles. The second-order valence-electron chi connectivity index (χ2n) is 7.03. The van der Waals surface area contributed by atoms with Crippen LogP contribution in [0.25, 0.3) is 21.5 Å². The van der Waals surface area contributed by atoms with Gasteiger partial charge in [0.05, 0.1) is 13.2 Å². The number of ether oxygens (including phenoxy) is 3. The molecule has 0 saturated carbocycles. The van der Waals surface area contributed by atoms with E-state index < -0.39 is 5.97 Å². The molecule has 0 unspecified atom stereocenters. The summed E-state index contributed by atoms with van der Waals surface area (Å²) in [5.74, 6) is 1.20. The molecule has 0 aromatic heterocycles. The van der Waals surface area contributed by atoms with Crippen molar-refractivity contribution in [3.05, 3.63) is 77.9 Å². The van der Waals surface area contributed by atoms with Crippen LogP contribution in [0.15, 0.2) is 66.7 Å². The second kappa shape index (κ2) is 8.46. The lowest BCUT2D eigenvalue weighted by molar-refractivity contribution is 0.0732. The van der Waals surface area contributed by atoms with E-state index in [1.807, 2.05) is 75.4 Å². The average molecular weight is 400 g/mol. The number of rotatable bonds is 6. The minimum absolute atomic E-state index is 0.351. The molecule has 4 aromatic rings. The molecule has 30 heavy (non-hydrogen) atoms. The summed E-state index contributed by atoms with van der Waals surface area (Å²) in [4.78, 5) is 13.3. The molecule has 4 aromatic carbocycles. The van der Waals surface area contributed by atoms with E-state index in [0.717, 1.165) is 27.1 Å². The molecule has 0 amide bonds. The summed E-state index contributed by atoms with van der Waals surface area (Å²) < 4.78 is 17.6. The molecular formula is C26H24O4. The summed E-state index contributed by atoms with van der Waals surface area (Å²) in [5, 5.41) is 3.64. The fraction of sp³-hybridized carbons (Fsp3) is 0.192. The first kappa shape index (κ1) is 19.8. The third kappa shape index (κ3) is 3.69. The van der Waals surface area contributed by atoms with E-state index in [9.17, 15) is 4.79 Å². The molecule has 4 heteroatoms. The molecule has 4 nitrogen and oxygen atoms in total. The van der Waals surface area contributed by atoms with Gasteiger partial charge in [0.2, 0.25) is 0 Å². The van der Waals surface area contributed by atoms with Crippen molar-refractivity contribution < 1.29 is 19.0 Å². The van der Waals surface area contributed by atoms with Crippen LogP contribution in [0, 0.1) is 6.92 Å². The van der Waals surface area contributed by atoms with E-state index in [-0.39, 0.29) is 0 Å². The van der Waals surface area contributed by atoms with Crippen LogP contribution >= 0.6 is 0 Å². The Morgan fingerprint density at radius 1 is 0.767 bits per heavy atom. The quantitative estimate of drug-likeness (QED) is 0.281. The number of hydrogen-bond acceptors (Lipinski definition) is 4. The SMILES string of the molecule is CCOc1cc(C(=O)Oc2cccc3ccccc23)c(OCC)c2ccc(C)cc12. The van der Waals surface area contributed by atoms with Crippen LogP contribution in [0.4, 0.5) is 0 Å². The molecule has 0 spiro atoms. The van der Waals surface area contributed by atoms with E-state index in [2.05, 4.69) is 0 Å². The molecule has 0 aliphatic heterocycles. The van der Waals surface area contributed by atoms with Crippen molar-refractivity contribution in [2.24, 2.45) is 0 Å². The Morgan fingerprint density at radius 2 is 1.53 bits per heavy atom. The van der Waals surface area contributed by atoms with E-state index in [1.165, 1.54) is 0 Å². The van der Waals surface area contributed by atoms with Gasteiger partial charge in [0.15, 0.2) is 0 Å². The van der Waals surface area contributed by atoms with E-state index in [0.29, 0.717) is 36.0 Å². The molecule has 0 aliphatic rings. The Balaban J connectivity index is 1.85. The fourth-order valence-corrected chi connectivity index (χ4v) is 3.65. The molecule has 0 N–H and O–H groups in total.